The average Bonchev–Trinajstić information content (AvgIpc) is 0.957. The average molecular weight is 1560 g/mol. The Balaban J connectivity index is 1.84. The molecule has 1 aromatic rings. The molecular formula is C52H114O23Si16. The van der Waals surface area contributed by atoms with Crippen LogP contribution in [-0.4, -0.2) is 151 Å². The van der Waals surface area contributed by atoms with Crippen molar-refractivity contribution >= 4 is 156 Å². The standard InChI is InChI=1S/C52H114O23Si16/c1-24-77(25-2,26-3)57-85-64-84(56-76(22,23)48-45-46-49-50(47-48)52(54)55-51(49)53)65-86(58-78(27-4,28-5)29-6)69-88(67-85,60-80(33-10,34-11)35-12)73-91(63-83(42-19,43-20)44-21)74-89(68-85,61-81(36-13,37-14)38-15)70-87(66-84,59-79(30-7,31-8)32-9)72-90(71-86,75-91)62-82(39-16,40-17)41-18/h45-47H,24-44H2,1-23H3. The van der Waals surface area contributed by atoms with Crippen molar-refractivity contribution in [3.05, 3.63) is 29.3 Å². The van der Waals surface area contributed by atoms with Gasteiger partial charge in [0.05, 0.1) is 11.1 Å². The number of ether oxygens (including phenoxy) is 1. The van der Waals surface area contributed by atoms with Gasteiger partial charge in [-0.25, -0.2) is 9.59 Å². The van der Waals surface area contributed by atoms with E-state index in [1.54, 1.807) is 18.2 Å². The SMILES string of the molecule is CC[Si](CC)(CC)O[Si]12O[Si]3(O[Si](CC)(CC)CC)O[Si]4(O[Si](CC)(CC)CC)O[Si](O[Si](CC)(CC)CC)(O1)O[Si]1(O[Si](CC)(CC)CC)O[Si](O[Si](CC)(CC)CC)(O2)O[Si](O[Si](CC)(CC)CC)(O3)O[Si](O[Si](C)(C)c2ccc3c(c2)C(=O)OC3=O)(O4)O1. The van der Waals surface area contributed by atoms with Crippen LogP contribution in [0.5, 0.6) is 0 Å². The van der Waals surface area contributed by atoms with Crippen LogP contribution >= 0.6 is 0 Å². The maximum Gasteiger partial charge on any atom is 0.651 e. The summed E-state index contributed by atoms with van der Waals surface area (Å²) in [5.74, 6) is -1.52. The van der Waals surface area contributed by atoms with Gasteiger partial charge in [0, 0.05) is 0 Å². The third-order valence-corrected chi connectivity index (χ3v) is 96.6. The Morgan fingerprint density at radius 2 is 0.429 bits per heavy atom. The maximum absolute atomic E-state index is 13.6. The van der Waals surface area contributed by atoms with Gasteiger partial charge in [0.25, 0.3) is 0 Å². The van der Waals surface area contributed by atoms with Crippen LogP contribution in [0.4, 0.5) is 0 Å². The molecule has 0 N–H and O–H groups in total. The van der Waals surface area contributed by atoms with Crippen LogP contribution in [0.15, 0.2) is 18.2 Å². The molecule has 0 saturated carbocycles. The first-order valence-electron chi connectivity index (χ1n) is 34.7. The molecule has 8 bridgehead atoms. The van der Waals surface area contributed by atoms with Gasteiger partial charge in [0.15, 0.2) is 58.2 Å². The van der Waals surface area contributed by atoms with Crippen LogP contribution in [0.3, 0.4) is 0 Å². The predicted molar refractivity (Wildman–Crippen MR) is 381 cm³/mol. The highest BCUT2D eigenvalue weighted by Gasteiger charge is 2.93. The molecule has 0 spiro atoms. The van der Waals surface area contributed by atoms with E-state index < -0.39 is 151 Å². The smallest absolute Gasteiger partial charge is 0.395 e. The van der Waals surface area contributed by atoms with Crippen LogP contribution < -0.4 is 5.19 Å². The number of hydrogen-bond acceptors (Lipinski definition) is 23. The number of cyclic esters (lactones) is 2. The maximum atomic E-state index is 13.6. The number of carbonyl (C=O) groups is 2. The molecule has 0 aliphatic carbocycles. The van der Waals surface area contributed by atoms with Crippen LogP contribution in [0.1, 0.15) is 166 Å². The monoisotopic (exact) mass is 1550 g/mol. The van der Waals surface area contributed by atoms with E-state index in [1.165, 1.54) is 0 Å². The van der Waals surface area contributed by atoms with Crippen LogP contribution in [0, 0.1) is 0 Å². The van der Waals surface area contributed by atoms with E-state index in [2.05, 4.69) is 145 Å². The molecule has 7 heterocycles. The molecule has 0 amide bonds. The largest absolute Gasteiger partial charge is 0.651 e. The first kappa shape index (κ1) is 79.4. The quantitative estimate of drug-likeness (QED) is 0.0340. The molecule has 0 radical (unpaired) electrons. The second kappa shape index (κ2) is 29.9. The fourth-order valence-electron chi connectivity index (χ4n) is 13.3. The molecular weight excluding hydrogens is 1440 g/mol. The fraction of sp³-hybridized carbons (Fsp3) is 0.846. The van der Waals surface area contributed by atoms with Crippen molar-refractivity contribution in [2.24, 2.45) is 0 Å². The normalized spacial score (nSPS) is 30.7. The van der Waals surface area contributed by atoms with E-state index >= 15 is 0 Å². The fourth-order valence-corrected chi connectivity index (χ4v) is 95.4. The third kappa shape index (κ3) is 15.6. The number of rotatable bonds is 38. The predicted octanol–water partition coefficient (Wildman–Crippen LogP) is 14.3. The van der Waals surface area contributed by atoms with Crippen molar-refractivity contribution in [2.45, 2.75) is 285 Å². The topological polar surface area (TPSA) is 228 Å². The van der Waals surface area contributed by atoms with Gasteiger partial charge in [0.2, 0.25) is 8.32 Å². The molecule has 7 aliphatic heterocycles. The van der Waals surface area contributed by atoms with Gasteiger partial charge in [-0.05, 0) is 157 Å². The van der Waals surface area contributed by atoms with E-state index in [0.717, 1.165) is 0 Å². The van der Waals surface area contributed by atoms with Gasteiger partial charge >= 0.3 is 84.3 Å². The highest BCUT2D eigenvalue weighted by atomic mass is 28.7. The minimum Gasteiger partial charge on any atom is -0.395 e. The lowest BCUT2D eigenvalue weighted by atomic mass is 10.1. The Hall–Kier alpha value is 1.03. The highest BCUT2D eigenvalue weighted by Crippen LogP contribution is 2.56. The molecule has 0 unspecified atom stereocenters. The van der Waals surface area contributed by atoms with Gasteiger partial charge in [-0.1, -0.05) is 151 Å². The number of fused-ring (bicyclic) bond motifs is 1. The Bertz CT molecular complexity index is 2380. The molecule has 39 heteroatoms. The summed E-state index contributed by atoms with van der Waals surface area (Å²) >= 11 is 0. The minimum absolute atomic E-state index is 0.0852. The van der Waals surface area contributed by atoms with Crippen molar-refractivity contribution in [1.82, 2.24) is 0 Å². The summed E-state index contributed by atoms with van der Waals surface area (Å²) in [5.41, 5.74) is 0.214. The van der Waals surface area contributed by atoms with Gasteiger partial charge in [-0.2, -0.15) is 0 Å². The molecule has 1 aromatic carbocycles. The lowest BCUT2D eigenvalue weighted by Gasteiger charge is -2.62. The molecule has 23 nitrogen and oxygen atoms in total. The Morgan fingerprint density at radius 3 is 0.604 bits per heavy atom. The lowest BCUT2D eigenvalue weighted by Crippen LogP contribution is -2.93. The van der Waals surface area contributed by atoms with Gasteiger partial charge in [0.1, 0.15) is 0 Å². The zero-order valence-electron chi connectivity index (χ0n) is 59.5. The Kier molecular flexibility index (Phi) is 26.1. The Labute approximate surface area is 563 Å². The zero-order chi connectivity index (χ0) is 67.7. The molecule has 8 rings (SSSR count). The summed E-state index contributed by atoms with van der Waals surface area (Å²) in [6.45, 7) is 48.3. The lowest BCUT2D eigenvalue weighted by molar-refractivity contribution is -0.130. The van der Waals surface area contributed by atoms with Crippen LogP contribution in [0.25, 0.3) is 0 Å². The summed E-state index contributed by atoms with van der Waals surface area (Å²) in [6, 6.07) is 17.4. The molecule has 6 saturated heterocycles. The summed E-state index contributed by atoms with van der Waals surface area (Å²) in [5, 5.41) is 0.542. The van der Waals surface area contributed by atoms with Gasteiger partial charge in [-0.15, -0.1) is 0 Å². The van der Waals surface area contributed by atoms with Crippen molar-refractivity contribution in [3.8, 4) is 0 Å². The molecule has 0 aromatic heterocycles. The number of esters is 2. The highest BCUT2D eigenvalue weighted by molar-refractivity contribution is 7.05. The van der Waals surface area contributed by atoms with E-state index in [9.17, 15) is 9.59 Å². The Morgan fingerprint density at radius 1 is 0.264 bits per heavy atom. The zero-order valence-corrected chi connectivity index (χ0v) is 75.5. The second-order valence-corrected chi connectivity index (χ2v) is 85.0. The van der Waals surface area contributed by atoms with E-state index in [-0.39, 0.29) is 11.1 Å². The first-order chi connectivity index (χ1) is 42.8. The minimum atomic E-state index is -5.62. The molecule has 524 valence electrons. The number of carbonyl (C=O) groups excluding carboxylic acids is 2. The molecule has 0 atom stereocenters. The molecule has 7 aliphatic rings. The van der Waals surface area contributed by atoms with E-state index in [1.807, 2.05) is 13.1 Å². The van der Waals surface area contributed by atoms with Crippen molar-refractivity contribution in [3.63, 3.8) is 0 Å². The van der Waals surface area contributed by atoms with Gasteiger partial charge in [-0.3, -0.25) is 0 Å². The third-order valence-electron chi connectivity index (χ3n) is 21.6. The van der Waals surface area contributed by atoms with Crippen molar-refractivity contribution in [2.75, 3.05) is 0 Å². The summed E-state index contributed by atoms with van der Waals surface area (Å²) in [7, 11) is -69.6. The first-order valence-corrected chi connectivity index (χ1v) is 68.4. The summed E-state index contributed by atoms with van der Waals surface area (Å²) in [4.78, 5) is 26.7. The number of benzene rings is 1. The molecule has 6 fully saturated rings. The molecule has 91 heavy (non-hydrogen) atoms. The van der Waals surface area contributed by atoms with Crippen molar-refractivity contribution < 1.29 is 96.6 Å². The van der Waals surface area contributed by atoms with Crippen LogP contribution in [-0.2, 0) is 87.0 Å². The number of hydrogen-bond donors (Lipinski definition) is 0. The summed E-state index contributed by atoms with van der Waals surface area (Å²) < 4.78 is 168. The summed E-state index contributed by atoms with van der Waals surface area (Å²) in [6.07, 6.45) is 0. The van der Waals surface area contributed by atoms with Crippen LogP contribution in [0.2, 0.25) is 140 Å². The van der Waals surface area contributed by atoms with E-state index in [4.69, 9.17) is 87.0 Å². The van der Waals surface area contributed by atoms with Gasteiger partial charge < -0.3 is 87.0 Å². The second-order valence-electron chi connectivity index (χ2n) is 25.7. The van der Waals surface area contributed by atoms with Crippen molar-refractivity contribution in [1.29, 1.82) is 0 Å². The van der Waals surface area contributed by atoms with E-state index in [0.29, 0.717) is 132 Å².